The summed E-state index contributed by atoms with van der Waals surface area (Å²) in [6, 6.07) is 9.34. The van der Waals surface area contributed by atoms with Crippen molar-refractivity contribution in [3.63, 3.8) is 0 Å². The summed E-state index contributed by atoms with van der Waals surface area (Å²) in [7, 11) is 0. The lowest BCUT2D eigenvalue weighted by Gasteiger charge is -2.19. The normalized spacial score (nSPS) is 37.4. The molecule has 92 valence electrons. The minimum Gasteiger partial charge on any atom is -0.274 e. The van der Waals surface area contributed by atoms with Gasteiger partial charge in [0.1, 0.15) is 0 Å². The lowest BCUT2D eigenvalue weighted by atomic mass is 9.81. The molecule has 18 heavy (non-hydrogen) atoms. The van der Waals surface area contributed by atoms with Crippen LogP contribution in [-0.2, 0) is 9.59 Å². The predicted octanol–water partition coefficient (Wildman–Crippen LogP) is 2.22. The molecule has 1 aromatic rings. The molecule has 3 aliphatic rings. The number of hydrogen-bond acceptors (Lipinski definition) is 2. The highest BCUT2D eigenvalue weighted by Gasteiger charge is 2.61. The quantitative estimate of drug-likeness (QED) is 0.707. The number of nitrogens with zero attached hydrogens (tertiary/aromatic N) is 1. The maximum absolute atomic E-state index is 12.5. The second kappa shape index (κ2) is 3.44. The van der Waals surface area contributed by atoms with E-state index in [-0.39, 0.29) is 23.7 Å². The van der Waals surface area contributed by atoms with Gasteiger partial charge < -0.3 is 0 Å². The van der Waals surface area contributed by atoms with Crippen LogP contribution in [0.4, 0.5) is 5.69 Å². The number of hydrogen-bond donors (Lipinski definition) is 0. The number of rotatable bonds is 1. The highest BCUT2D eigenvalue weighted by atomic mass is 16.2. The molecular formula is C15H15NO2. The van der Waals surface area contributed by atoms with E-state index in [1.165, 1.54) is 4.90 Å². The molecule has 1 saturated heterocycles. The zero-order valence-corrected chi connectivity index (χ0v) is 10.1. The number of imide groups is 1. The van der Waals surface area contributed by atoms with E-state index in [0.717, 1.165) is 24.9 Å². The fraction of sp³-hybridized carbons (Fsp3) is 0.467. The molecule has 0 aromatic heterocycles. The first-order chi connectivity index (χ1) is 8.77. The Morgan fingerprint density at radius 1 is 0.889 bits per heavy atom. The van der Waals surface area contributed by atoms with Crippen LogP contribution in [0.3, 0.4) is 0 Å². The first kappa shape index (κ1) is 10.3. The third-order valence-electron chi connectivity index (χ3n) is 4.94. The van der Waals surface area contributed by atoms with Crippen LogP contribution >= 0.6 is 0 Å². The average molecular weight is 241 g/mol. The van der Waals surface area contributed by atoms with Crippen LogP contribution in [0, 0.1) is 23.7 Å². The second-order valence-corrected chi connectivity index (χ2v) is 5.73. The van der Waals surface area contributed by atoms with Crippen molar-refractivity contribution in [3.8, 4) is 0 Å². The predicted molar refractivity (Wildman–Crippen MR) is 66.7 cm³/mol. The minimum absolute atomic E-state index is 0.0172. The first-order valence-corrected chi connectivity index (χ1v) is 6.70. The summed E-state index contributed by atoms with van der Waals surface area (Å²) >= 11 is 0. The minimum atomic E-state index is -0.0172. The van der Waals surface area contributed by atoms with Gasteiger partial charge in [-0.1, -0.05) is 18.2 Å². The smallest absolute Gasteiger partial charge is 0.237 e. The molecule has 4 atom stereocenters. The molecule has 1 aliphatic heterocycles. The summed E-state index contributed by atoms with van der Waals surface area (Å²) in [6.07, 6.45) is 3.36. The molecule has 3 heteroatoms. The van der Waals surface area contributed by atoms with Crippen LogP contribution in [0.1, 0.15) is 19.3 Å². The Morgan fingerprint density at radius 3 is 2.00 bits per heavy atom. The number of carbonyl (C=O) groups excluding carboxylic acids is 2. The van der Waals surface area contributed by atoms with E-state index in [9.17, 15) is 9.59 Å². The van der Waals surface area contributed by atoms with Crippen molar-refractivity contribution in [2.45, 2.75) is 19.3 Å². The van der Waals surface area contributed by atoms with Gasteiger partial charge in [-0.2, -0.15) is 0 Å². The molecule has 4 rings (SSSR count). The second-order valence-electron chi connectivity index (χ2n) is 5.73. The SMILES string of the molecule is O=C1[C@@H]2[C@@H]3CC[C@@H](C3)[C@@H]2C(=O)N1c1ccccc1. The van der Waals surface area contributed by atoms with Crippen LogP contribution < -0.4 is 4.90 Å². The Kier molecular flexibility index (Phi) is 1.97. The third kappa shape index (κ3) is 1.14. The molecule has 1 aromatic carbocycles. The van der Waals surface area contributed by atoms with Gasteiger partial charge in [-0.05, 0) is 43.2 Å². The Morgan fingerprint density at radius 2 is 1.44 bits per heavy atom. The zero-order valence-electron chi connectivity index (χ0n) is 10.1. The fourth-order valence-corrected chi connectivity index (χ4v) is 4.24. The van der Waals surface area contributed by atoms with Gasteiger partial charge in [0.25, 0.3) is 0 Å². The van der Waals surface area contributed by atoms with Gasteiger partial charge in [0.15, 0.2) is 0 Å². The van der Waals surface area contributed by atoms with Crippen molar-refractivity contribution in [1.29, 1.82) is 0 Å². The average Bonchev–Trinajstić information content (AvgIpc) is 3.05. The van der Waals surface area contributed by atoms with Crippen LogP contribution in [0.2, 0.25) is 0 Å². The first-order valence-electron chi connectivity index (χ1n) is 6.70. The molecule has 0 radical (unpaired) electrons. The largest absolute Gasteiger partial charge is 0.274 e. The van der Waals surface area contributed by atoms with Crippen LogP contribution in [0.15, 0.2) is 30.3 Å². The molecule has 2 amide bonds. The Balaban J connectivity index is 1.76. The van der Waals surface area contributed by atoms with Gasteiger partial charge in [-0.3, -0.25) is 14.5 Å². The number of fused-ring (bicyclic) bond motifs is 5. The summed E-state index contributed by atoms with van der Waals surface area (Å²) in [5.41, 5.74) is 0.737. The third-order valence-corrected chi connectivity index (χ3v) is 4.94. The van der Waals surface area contributed by atoms with Crippen molar-refractivity contribution in [1.82, 2.24) is 0 Å². The van der Waals surface area contributed by atoms with Gasteiger partial charge in [-0.25, -0.2) is 0 Å². The molecule has 3 fully saturated rings. The van der Waals surface area contributed by atoms with Crippen molar-refractivity contribution < 1.29 is 9.59 Å². The number of para-hydroxylation sites is 1. The monoisotopic (exact) mass is 241 g/mol. The van der Waals surface area contributed by atoms with Crippen molar-refractivity contribution in [3.05, 3.63) is 30.3 Å². The number of carbonyl (C=O) groups is 2. The van der Waals surface area contributed by atoms with Crippen molar-refractivity contribution >= 4 is 17.5 Å². The molecule has 2 saturated carbocycles. The number of benzene rings is 1. The molecule has 0 N–H and O–H groups in total. The van der Waals surface area contributed by atoms with E-state index in [1.807, 2.05) is 30.3 Å². The highest BCUT2D eigenvalue weighted by Crippen LogP contribution is 2.56. The lowest BCUT2D eigenvalue weighted by Crippen LogP contribution is -2.32. The maximum Gasteiger partial charge on any atom is 0.237 e. The van der Waals surface area contributed by atoms with E-state index >= 15 is 0 Å². The van der Waals surface area contributed by atoms with Crippen LogP contribution in [0.25, 0.3) is 0 Å². The Hall–Kier alpha value is -1.64. The number of amides is 2. The van der Waals surface area contributed by atoms with Gasteiger partial charge >= 0.3 is 0 Å². The van der Waals surface area contributed by atoms with Gasteiger partial charge in [0, 0.05) is 0 Å². The maximum atomic E-state index is 12.5. The lowest BCUT2D eigenvalue weighted by molar-refractivity contribution is -0.123. The topological polar surface area (TPSA) is 37.4 Å². The van der Waals surface area contributed by atoms with Gasteiger partial charge in [0.05, 0.1) is 17.5 Å². The van der Waals surface area contributed by atoms with E-state index in [4.69, 9.17) is 0 Å². The molecular weight excluding hydrogens is 226 g/mol. The molecule has 0 spiro atoms. The van der Waals surface area contributed by atoms with Crippen molar-refractivity contribution in [2.24, 2.45) is 23.7 Å². The molecule has 2 aliphatic carbocycles. The molecule has 0 unspecified atom stereocenters. The Labute approximate surface area is 106 Å². The molecule has 2 bridgehead atoms. The van der Waals surface area contributed by atoms with Crippen LogP contribution in [-0.4, -0.2) is 11.8 Å². The standard InChI is InChI=1S/C15H15NO2/c17-14-12-9-6-7-10(8-9)13(12)15(18)16(14)11-4-2-1-3-5-11/h1-5,9-10,12-13H,6-8H2/t9-,10+,12-,13+. The van der Waals surface area contributed by atoms with E-state index in [1.54, 1.807) is 0 Å². The van der Waals surface area contributed by atoms with E-state index < -0.39 is 0 Å². The van der Waals surface area contributed by atoms with Gasteiger partial charge in [0.2, 0.25) is 11.8 Å². The summed E-state index contributed by atoms with van der Waals surface area (Å²) in [6.45, 7) is 0. The molecule has 3 nitrogen and oxygen atoms in total. The highest BCUT2D eigenvalue weighted by molar-refractivity contribution is 6.22. The van der Waals surface area contributed by atoms with Crippen LogP contribution in [0.5, 0.6) is 0 Å². The Bertz CT molecular complexity index is 497. The summed E-state index contributed by atoms with van der Waals surface area (Å²) < 4.78 is 0. The zero-order chi connectivity index (χ0) is 12.3. The van der Waals surface area contributed by atoms with Crippen molar-refractivity contribution in [2.75, 3.05) is 4.90 Å². The molecule has 1 heterocycles. The summed E-state index contributed by atoms with van der Waals surface area (Å²) in [5, 5.41) is 0. The fourth-order valence-electron chi connectivity index (χ4n) is 4.24. The summed E-state index contributed by atoms with van der Waals surface area (Å²) in [4.78, 5) is 26.4. The summed E-state index contributed by atoms with van der Waals surface area (Å²) in [5.74, 6) is 0.982. The number of anilines is 1. The van der Waals surface area contributed by atoms with Gasteiger partial charge in [-0.15, -0.1) is 0 Å². The van der Waals surface area contributed by atoms with E-state index in [2.05, 4.69) is 0 Å². The van der Waals surface area contributed by atoms with E-state index in [0.29, 0.717) is 11.8 Å².